The molecule has 2 aliphatic rings. The van der Waals surface area contributed by atoms with E-state index in [0.717, 1.165) is 18.4 Å². The van der Waals surface area contributed by atoms with Gasteiger partial charge in [-0.3, -0.25) is 14.4 Å². The second-order valence-corrected chi connectivity index (χ2v) is 10.4. The number of halogens is 2. The number of benzene rings is 1. The highest BCUT2D eigenvalue weighted by Gasteiger charge is 2.41. The Labute approximate surface area is 224 Å². The summed E-state index contributed by atoms with van der Waals surface area (Å²) >= 11 is 0. The second-order valence-electron chi connectivity index (χ2n) is 10.4. The lowest BCUT2D eigenvalue weighted by molar-refractivity contribution is -0.127. The highest BCUT2D eigenvalue weighted by molar-refractivity contribution is 5.75. The smallest absolute Gasteiger partial charge is 0.231 e. The number of rotatable bonds is 10. The van der Waals surface area contributed by atoms with E-state index in [9.17, 15) is 15.0 Å². The molecular weight excluding hydrogens is 510 g/mol. The summed E-state index contributed by atoms with van der Waals surface area (Å²) in [5, 5.41) is 28.4. The van der Waals surface area contributed by atoms with Gasteiger partial charge in [-0.05, 0) is 30.9 Å². The summed E-state index contributed by atoms with van der Waals surface area (Å²) in [4.78, 5) is 22.7. The van der Waals surface area contributed by atoms with Crippen LogP contribution in [-0.4, -0.2) is 84.7 Å². The Balaban J connectivity index is 1.30. The van der Waals surface area contributed by atoms with Crippen molar-refractivity contribution in [2.75, 3.05) is 36.4 Å². The molecular formula is C26H32F2N8O3. The third-order valence-corrected chi connectivity index (χ3v) is 7.32. The molecule has 3 aromatic rings. The third kappa shape index (κ3) is 6.00. The molecule has 2 fully saturated rings. The van der Waals surface area contributed by atoms with Crippen molar-refractivity contribution in [2.24, 2.45) is 12.8 Å². The molecule has 0 spiro atoms. The lowest BCUT2D eigenvalue weighted by atomic mass is 9.88. The van der Waals surface area contributed by atoms with E-state index in [1.807, 2.05) is 6.07 Å². The van der Waals surface area contributed by atoms with Crippen LogP contribution in [0.1, 0.15) is 24.8 Å². The number of carbonyl (C=O) groups excluding carboxylic acids is 1. The van der Waals surface area contributed by atoms with Gasteiger partial charge in [0.25, 0.3) is 0 Å². The number of nitrogens with zero attached hydrogens (tertiary/aromatic N) is 6. The molecule has 1 aliphatic heterocycles. The fourth-order valence-electron chi connectivity index (χ4n) is 4.89. The zero-order valence-corrected chi connectivity index (χ0v) is 21.6. The number of aliphatic hydroxyl groups is 2. The predicted molar refractivity (Wildman–Crippen MR) is 139 cm³/mol. The van der Waals surface area contributed by atoms with Crippen molar-refractivity contribution >= 4 is 17.5 Å². The minimum absolute atomic E-state index is 0.0141. The Morgan fingerprint density at radius 2 is 2.08 bits per heavy atom. The van der Waals surface area contributed by atoms with Gasteiger partial charge in [-0.2, -0.15) is 9.49 Å². The quantitative estimate of drug-likeness (QED) is 0.295. The van der Waals surface area contributed by atoms with E-state index in [1.165, 1.54) is 12.4 Å². The summed E-state index contributed by atoms with van der Waals surface area (Å²) in [6.07, 6.45) is 5.31. The molecule has 1 amide bonds. The van der Waals surface area contributed by atoms with E-state index in [-0.39, 0.29) is 50.3 Å². The number of hydrogen-bond acceptors (Lipinski definition) is 9. The Morgan fingerprint density at radius 1 is 1.28 bits per heavy atom. The lowest BCUT2D eigenvalue weighted by Crippen LogP contribution is -2.59. The molecule has 2 atom stereocenters. The molecule has 0 radical (unpaired) electrons. The highest BCUT2D eigenvalue weighted by Crippen LogP contribution is 2.35. The first-order valence-corrected chi connectivity index (χ1v) is 12.8. The average molecular weight is 543 g/mol. The SMILES string of the molecule is Cn1cc(-c2ccc(CN(c3ncnc(NC[C@]4(O)CCN(CC(N)=O)C[C@H]4O)c3F)C3CC3)c(F)c2)cn1. The third-order valence-electron chi connectivity index (χ3n) is 7.32. The van der Waals surface area contributed by atoms with Crippen molar-refractivity contribution < 1.29 is 23.8 Å². The molecule has 208 valence electrons. The van der Waals surface area contributed by atoms with Crippen LogP contribution in [0, 0.1) is 11.6 Å². The van der Waals surface area contributed by atoms with Gasteiger partial charge in [-0.15, -0.1) is 0 Å². The highest BCUT2D eigenvalue weighted by atomic mass is 19.1. The first kappa shape index (κ1) is 26.9. The molecule has 11 nitrogen and oxygen atoms in total. The summed E-state index contributed by atoms with van der Waals surface area (Å²) in [5.74, 6) is -1.74. The number of nitrogens with two attached hydrogens (primary N) is 1. The number of hydrogen-bond donors (Lipinski definition) is 4. The van der Waals surface area contributed by atoms with E-state index in [2.05, 4.69) is 20.4 Å². The van der Waals surface area contributed by atoms with Gasteiger partial charge in [0, 0.05) is 56.6 Å². The van der Waals surface area contributed by atoms with Gasteiger partial charge in [0.15, 0.2) is 11.6 Å². The van der Waals surface area contributed by atoms with Crippen LogP contribution in [-0.2, 0) is 18.4 Å². The molecule has 0 bridgehead atoms. The summed E-state index contributed by atoms with van der Waals surface area (Å²) in [5.41, 5.74) is 5.56. The minimum atomic E-state index is -1.55. The van der Waals surface area contributed by atoms with Crippen molar-refractivity contribution in [3.63, 3.8) is 0 Å². The van der Waals surface area contributed by atoms with Crippen LogP contribution in [0.15, 0.2) is 36.9 Å². The van der Waals surface area contributed by atoms with E-state index in [0.29, 0.717) is 17.7 Å². The normalized spacial score (nSPS) is 21.6. The number of amides is 1. The van der Waals surface area contributed by atoms with Gasteiger partial charge >= 0.3 is 0 Å². The number of piperidine rings is 1. The van der Waals surface area contributed by atoms with Gasteiger partial charge in [0.1, 0.15) is 17.7 Å². The van der Waals surface area contributed by atoms with Gasteiger partial charge < -0.3 is 26.2 Å². The molecule has 1 aromatic carbocycles. The van der Waals surface area contributed by atoms with Crippen molar-refractivity contribution in [2.45, 2.75) is 43.6 Å². The fourth-order valence-corrected chi connectivity index (χ4v) is 4.89. The van der Waals surface area contributed by atoms with E-state index < -0.39 is 29.2 Å². The van der Waals surface area contributed by atoms with Gasteiger partial charge in [0.05, 0.1) is 18.8 Å². The molecule has 3 heterocycles. The zero-order valence-electron chi connectivity index (χ0n) is 21.6. The first-order chi connectivity index (χ1) is 18.6. The first-order valence-electron chi connectivity index (χ1n) is 12.8. The van der Waals surface area contributed by atoms with Crippen LogP contribution in [0.5, 0.6) is 0 Å². The van der Waals surface area contributed by atoms with Gasteiger partial charge in [-0.1, -0.05) is 12.1 Å². The number of aromatic nitrogens is 4. The molecule has 1 saturated carbocycles. The standard InChI is InChI=1S/C26H32F2N8O3/c1-34-10-18(9-33-34)16-2-3-17(20(27)8-16)11-36(19-4-5-19)25-23(28)24(31-15-32-25)30-14-26(39)6-7-35(12-21(26)37)13-22(29)38/h2-3,8-10,15,19,21,37,39H,4-7,11-14H2,1H3,(H2,29,38)(H,30,31,32)/t21-,26-/m1/s1. The summed E-state index contributed by atoms with van der Waals surface area (Å²) in [6, 6.07) is 4.96. The van der Waals surface area contributed by atoms with Crippen LogP contribution < -0.4 is 16.0 Å². The fraction of sp³-hybridized carbons (Fsp3) is 0.462. The van der Waals surface area contributed by atoms with Crippen LogP contribution >= 0.6 is 0 Å². The van der Waals surface area contributed by atoms with Gasteiger partial charge in [0.2, 0.25) is 11.7 Å². The number of likely N-dealkylation sites (tertiary alicyclic amines) is 1. The monoisotopic (exact) mass is 542 g/mol. The Hall–Kier alpha value is -3.68. The molecule has 2 aromatic heterocycles. The Morgan fingerprint density at radius 3 is 2.72 bits per heavy atom. The summed E-state index contributed by atoms with van der Waals surface area (Å²) in [6.45, 7) is 0.332. The maximum Gasteiger partial charge on any atom is 0.231 e. The van der Waals surface area contributed by atoms with Crippen LogP contribution in [0.4, 0.5) is 20.4 Å². The summed E-state index contributed by atoms with van der Waals surface area (Å²) < 4.78 is 32.4. The molecule has 1 aliphatic carbocycles. The summed E-state index contributed by atoms with van der Waals surface area (Å²) in [7, 11) is 1.79. The molecule has 13 heteroatoms. The molecule has 1 saturated heterocycles. The second kappa shape index (κ2) is 10.8. The van der Waals surface area contributed by atoms with Crippen molar-refractivity contribution in [1.82, 2.24) is 24.6 Å². The number of carbonyl (C=O) groups is 1. The largest absolute Gasteiger partial charge is 0.389 e. The lowest BCUT2D eigenvalue weighted by Gasteiger charge is -2.41. The Bertz CT molecular complexity index is 1350. The molecule has 39 heavy (non-hydrogen) atoms. The van der Waals surface area contributed by atoms with Crippen LogP contribution in [0.25, 0.3) is 11.1 Å². The zero-order chi connectivity index (χ0) is 27.7. The predicted octanol–water partition coefficient (Wildman–Crippen LogP) is 1.02. The number of anilines is 2. The van der Waals surface area contributed by atoms with Crippen LogP contribution in [0.2, 0.25) is 0 Å². The van der Waals surface area contributed by atoms with Crippen molar-refractivity contribution in [1.29, 1.82) is 0 Å². The minimum Gasteiger partial charge on any atom is -0.389 e. The maximum absolute atomic E-state index is 15.6. The Kier molecular flexibility index (Phi) is 7.47. The number of aliphatic hydroxyl groups excluding tert-OH is 1. The average Bonchev–Trinajstić information content (AvgIpc) is 3.64. The van der Waals surface area contributed by atoms with Crippen LogP contribution in [0.3, 0.4) is 0 Å². The van der Waals surface area contributed by atoms with Crippen molar-refractivity contribution in [3.05, 3.63) is 54.1 Å². The van der Waals surface area contributed by atoms with E-state index in [4.69, 9.17) is 5.73 Å². The van der Waals surface area contributed by atoms with Gasteiger partial charge in [-0.25, -0.2) is 14.4 Å². The van der Waals surface area contributed by atoms with Crippen molar-refractivity contribution in [3.8, 4) is 11.1 Å². The van der Waals surface area contributed by atoms with E-state index >= 15 is 8.78 Å². The number of aryl methyl sites for hydroxylation is 1. The van der Waals surface area contributed by atoms with E-state index in [1.54, 1.807) is 40.0 Å². The number of nitrogens with one attached hydrogen (secondary N) is 1. The molecule has 5 rings (SSSR count). The molecule has 0 unspecified atom stereocenters. The topological polar surface area (TPSA) is 146 Å². The maximum atomic E-state index is 15.6. The molecule has 5 N–H and O–H groups in total. The number of β-amino-alcohol motifs (C(OH)–C–C–N with tert-alkyl or cyclic N) is 1. The number of primary amides is 1.